The van der Waals surface area contributed by atoms with Crippen molar-refractivity contribution in [1.82, 2.24) is 20.4 Å². The summed E-state index contributed by atoms with van der Waals surface area (Å²) in [6.45, 7) is 7.50. The van der Waals surface area contributed by atoms with Gasteiger partial charge in [-0.2, -0.15) is 10.2 Å². The van der Waals surface area contributed by atoms with Crippen molar-refractivity contribution in [3.63, 3.8) is 0 Å². The summed E-state index contributed by atoms with van der Waals surface area (Å²) in [5, 5.41) is 11.5. The smallest absolute Gasteiger partial charge is 0.0771 e. The molecule has 2 rings (SSSR count). The molecule has 1 fully saturated rings. The Kier molecular flexibility index (Phi) is 3.28. The van der Waals surface area contributed by atoms with Crippen LogP contribution in [0.15, 0.2) is 18.3 Å². The zero-order chi connectivity index (χ0) is 10.7. The molecule has 1 aliphatic heterocycles. The molecule has 1 aromatic rings. The van der Waals surface area contributed by atoms with Crippen molar-refractivity contribution >= 4 is 0 Å². The van der Waals surface area contributed by atoms with Crippen molar-refractivity contribution in [1.29, 1.82) is 0 Å². The molecule has 0 bridgehead atoms. The van der Waals surface area contributed by atoms with Crippen molar-refractivity contribution in [2.75, 3.05) is 13.1 Å². The van der Waals surface area contributed by atoms with Crippen molar-refractivity contribution in [3.8, 4) is 0 Å². The first-order chi connectivity index (χ1) is 7.25. The van der Waals surface area contributed by atoms with Crippen molar-refractivity contribution in [2.24, 2.45) is 0 Å². The predicted molar refractivity (Wildman–Crippen MR) is 59.4 cm³/mol. The lowest BCUT2D eigenvalue weighted by Gasteiger charge is -2.37. The minimum Gasteiger partial charge on any atom is -0.311 e. The first-order valence-electron chi connectivity index (χ1n) is 5.49. The highest BCUT2D eigenvalue weighted by molar-refractivity contribution is 5.00. The van der Waals surface area contributed by atoms with E-state index in [0.717, 1.165) is 25.3 Å². The van der Waals surface area contributed by atoms with Gasteiger partial charge in [0.05, 0.1) is 5.69 Å². The molecule has 2 heterocycles. The van der Waals surface area contributed by atoms with Crippen LogP contribution in [0.3, 0.4) is 0 Å². The Hall–Kier alpha value is -1.00. The maximum absolute atomic E-state index is 4.12. The third kappa shape index (κ3) is 2.73. The molecule has 4 heteroatoms. The summed E-state index contributed by atoms with van der Waals surface area (Å²) < 4.78 is 0. The van der Waals surface area contributed by atoms with Crippen molar-refractivity contribution in [2.45, 2.75) is 32.5 Å². The van der Waals surface area contributed by atoms with Gasteiger partial charge >= 0.3 is 0 Å². The maximum atomic E-state index is 4.12. The number of aromatic nitrogens is 2. The average molecular weight is 206 g/mol. The molecule has 1 N–H and O–H groups in total. The summed E-state index contributed by atoms with van der Waals surface area (Å²) in [6.07, 6.45) is 1.72. The fourth-order valence-corrected chi connectivity index (χ4v) is 1.94. The Morgan fingerprint density at radius 3 is 3.13 bits per heavy atom. The van der Waals surface area contributed by atoms with E-state index in [4.69, 9.17) is 0 Å². The zero-order valence-electron chi connectivity index (χ0n) is 9.35. The van der Waals surface area contributed by atoms with Crippen LogP contribution in [0.1, 0.15) is 19.5 Å². The van der Waals surface area contributed by atoms with Crippen LogP contribution in [0.5, 0.6) is 0 Å². The number of nitrogens with zero attached hydrogens (tertiary/aromatic N) is 3. The third-order valence-corrected chi connectivity index (χ3v) is 2.89. The molecule has 0 saturated carbocycles. The lowest BCUT2D eigenvalue weighted by Crippen LogP contribution is -2.53. The van der Waals surface area contributed by atoms with Gasteiger partial charge in [-0.3, -0.25) is 4.90 Å². The minimum absolute atomic E-state index is 0.567. The molecule has 15 heavy (non-hydrogen) atoms. The van der Waals surface area contributed by atoms with E-state index in [-0.39, 0.29) is 0 Å². The van der Waals surface area contributed by atoms with Gasteiger partial charge < -0.3 is 5.32 Å². The van der Waals surface area contributed by atoms with Gasteiger partial charge in [0, 0.05) is 37.9 Å². The summed E-state index contributed by atoms with van der Waals surface area (Å²) in [5.41, 5.74) is 1.05. The molecule has 0 spiro atoms. The van der Waals surface area contributed by atoms with Gasteiger partial charge in [-0.15, -0.1) is 0 Å². The van der Waals surface area contributed by atoms with E-state index >= 15 is 0 Å². The highest BCUT2D eigenvalue weighted by atomic mass is 15.2. The fraction of sp³-hybridized carbons (Fsp3) is 0.636. The van der Waals surface area contributed by atoms with Gasteiger partial charge in [0.1, 0.15) is 0 Å². The highest BCUT2D eigenvalue weighted by Crippen LogP contribution is 2.09. The average Bonchev–Trinajstić information content (AvgIpc) is 2.25. The van der Waals surface area contributed by atoms with Gasteiger partial charge in [-0.1, -0.05) is 0 Å². The molecular formula is C11H18N4. The monoisotopic (exact) mass is 206 g/mol. The Labute approximate surface area is 90.7 Å². The molecule has 1 saturated heterocycles. The summed E-state index contributed by atoms with van der Waals surface area (Å²) in [6, 6.07) is 5.12. The molecule has 1 aliphatic rings. The summed E-state index contributed by atoms with van der Waals surface area (Å²) in [7, 11) is 0. The van der Waals surface area contributed by atoms with Crippen LogP contribution in [-0.4, -0.2) is 40.3 Å². The first kappa shape index (κ1) is 10.5. The highest BCUT2D eigenvalue weighted by Gasteiger charge is 2.22. The van der Waals surface area contributed by atoms with Crippen molar-refractivity contribution in [3.05, 3.63) is 24.0 Å². The second-order valence-corrected chi connectivity index (χ2v) is 4.30. The van der Waals surface area contributed by atoms with E-state index in [0.29, 0.717) is 12.1 Å². The van der Waals surface area contributed by atoms with E-state index in [2.05, 4.69) is 34.3 Å². The van der Waals surface area contributed by atoms with Gasteiger partial charge in [-0.25, -0.2) is 0 Å². The van der Waals surface area contributed by atoms with Crippen molar-refractivity contribution < 1.29 is 0 Å². The molecule has 82 valence electrons. The molecule has 0 aromatic carbocycles. The molecule has 2 unspecified atom stereocenters. The predicted octanol–water partition coefficient (Wildman–Crippen LogP) is 0.659. The molecular weight excluding hydrogens is 188 g/mol. The summed E-state index contributed by atoms with van der Waals surface area (Å²) >= 11 is 0. The van der Waals surface area contributed by atoms with Crippen LogP contribution in [0.25, 0.3) is 0 Å². The lowest BCUT2D eigenvalue weighted by atomic mass is 10.1. The SMILES string of the molecule is CC1CN(Cc2cccnn2)C(C)CN1. The maximum Gasteiger partial charge on any atom is 0.0771 e. The van der Waals surface area contributed by atoms with Gasteiger partial charge in [0.15, 0.2) is 0 Å². The van der Waals surface area contributed by atoms with E-state index in [9.17, 15) is 0 Å². The molecule has 2 atom stereocenters. The molecule has 4 nitrogen and oxygen atoms in total. The van der Waals surface area contributed by atoms with Gasteiger partial charge in [0.2, 0.25) is 0 Å². The van der Waals surface area contributed by atoms with Crippen LogP contribution >= 0.6 is 0 Å². The van der Waals surface area contributed by atoms with Gasteiger partial charge in [-0.05, 0) is 26.0 Å². The summed E-state index contributed by atoms with van der Waals surface area (Å²) in [5.74, 6) is 0. The number of nitrogens with one attached hydrogen (secondary N) is 1. The van der Waals surface area contributed by atoms with Crippen LogP contribution in [-0.2, 0) is 6.54 Å². The first-order valence-corrected chi connectivity index (χ1v) is 5.49. The zero-order valence-corrected chi connectivity index (χ0v) is 9.35. The third-order valence-electron chi connectivity index (χ3n) is 2.89. The largest absolute Gasteiger partial charge is 0.311 e. The fourth-order valence-electron chi connectivity index (χ4n) is 1.94. The molecule has 0 amide bonds. The van der Waals surface area contributed by atoms with E-state index in [1.165, 1.54) is 0 Å². The number of rotatable bonds is 2. The Morgan fingerprint density at radius 1 is 1.53 bits per heavy atom. The van der Waals surface area contributed by atoms with Crippen LogP contribution in [0.2, 0.25) is 0 Å². The second-order valence-electron chi connectivity index (χ2n) is 4.30. The Balaban J connectivity index is 1.98. The van der Waals surface area contributed by atoms with E-state index in [1.807, 2.05) is 12.1 Å². The Morgan fingerprint density at radius 2 is 2.40 bits per heavy atom. The molecule has 0 aliphatic carbocycles. The van der Waals surface area contributed by atoms with E-state index < -0.39 is 0 Å². The standard InChI is InChI=1S/C11H18N4/c1-9-7-15(10(2)6-12-9)8-11-4-3-5-13-14-11/h3-5,9-10,12H,6-8H2,1-2H3. The van der Waals surface area contributed by atoms with Crippen LogP contribution in [0, 0.1) is 0 Å². The van der Waals surface area contributed by atoms with Crippen LogP contribution in [0.4, 0.5) is 0 Å². The quantitative estimate of drug-likeness (QED) is 0.771. The topological polar surface area (TPSA) is 41.1 Å². The lowest BCUT2D eigenvalue weighted by molar-refractivity contribution is 0.137. The molecule has 0 radical (unpaired) electrons. The number of hydrogen-bond donors (Lipinski definition) is 1. The van der Waals surface area contributed by atoms with Crippen LogP contribution < -0.4 is 5.32 Å². The minimum atomic E-state index is 0.567. The molecule has 1 aromatic heterocycles. The number of piperazine rings is 1. The number of hydrogen-bond acceptors (Lipinski definition) is 4. The van der Waals surface area contributed by atoms with E-state index in [1.54, 1.807) is 6.20 Å². The normalized spacial score (nSPS) is 27.9. The second kappa shape index (κ2) is 4.68. The Bertz CT molecular complexity index is 301. The van der Waals surface area contributed by atoms with Gasteiger partial charge in [0.25, 0.3) is 0 Å². The summed E-state index contributed by atoms with van der Waals surface area (Å²) in [4.78, 5) is 2.45.